The summed E-state index contributed by atoms with van der Waals surface area (Å²) in [5.41, 5.74) is 2.11. The lowest BCUT2D eigenvalue weighted by molar-refractivity contribution is -0.111. The predicted molar refractivity (Wildman–Crippen MR) is 89.3 cm³/mol. The van der Waals surface area contributed by atoms with Crippen LogP contribution >= 0.6 is 0 Å². The molecule has 1 aliphatic rings. The average Bonchev–Trinajstić information content (AvgIpc) is 2.84. The van der Waals surface area contributed by atoms with Crippen molar-refractivity contribution < 1.29 is 9.59 Å². The van der Waals surface area contributed by atoms with Crippen LogP contribution in [-0.2, 0) is 4.79 Å². The minimum atomic E-state index is -0.291. The summed E-state index contributed by atoms with van der Waals surface area (Å²) < 4.78 is 0. The highest BCUT2D eigenvalue weighted by Gasteiger charge is 2.30. The SMILES string of the molecule is C=CC(=O)Nc1ccc2c3c(cccc13)C(=O)N2CCCC#N. The summed E-state index contributed by atoms with van der Waals surface area (Å²) in [5, 5.41) is 13.1. The molecule has 2 amide bonds. The van der Waals surface area contributed by atoms with Crippen LogP contribution in [0.2, 0.25) is 0 Å². The third-order valence-electron chi connectivity index (χ3n) is 3.90. The molecule has 0 aliphatic carbocycles. The van der Waals surface area contributed by atoms with Crippen molar-refractivity contribution in [1.29, 1.82) is 5.26 Å². The Kier molecular flexibility index (Phi) is 3.82. The van der Waals surface area contributed by atoms with Gasteiger partial charge in [-0.2, -0.15) is 5.26 Å². The molecule has 5 heteroatoms. The first kappa shape index (κ1) is 14.8. The number of carbonyl (C=O) groups is 2. The lowest BCUT2D eigenvalue weighted by Crippen LogP contribution is -2.27. The van der Waals surface area contributed by atoms with Crippen LogP contribution in [0.1, 0.15) is 23.2 Å². The van der Waals surface area contributed by atoms with Gasteiger partial charge in [-0.15, -0.1) is 0 Å². The van der Waals surface area contributed by atoms with Crippen LogP contribution in [0, 0.1) is 11.3 Å². The van der Waals surface area contributed by atoms with Crippen LogP contribution in [0.25, 0.3) is 10.8 Å². The number of hydrogen-bond donors (Lipinski definition) is 1. The van der Waals surface area contributed by atoms with E-state index in [0.717, 1.165) is 16.5 Å². The Morgan fingerprint density at radius 3 is 2.91 bits per heavy atom. The van der Waals surface area contributed by atoms with Gasteiger partial charge in [0.25, 0.3) is 5.91 Å². The summed E-state index contributed by atoms with van der Waals surface area (Å²) in [6, 6.07) is 11.2. The van der Waals surface area contributed by atoms with Gasteiger partial charge in [-0.05, 0) is 30.7 Å². The van der Waals surface area contributed by atoms with Gasteiger partial charge in [0.05, 0.1) is 11.8 Å². The predicted octanol–water partition coefficient (Wildman–Crippen LogP) is 3.23. The zero-order valence-corrected chi connectivity index (χ0v) is 12.5. The monoisotopic (exact) mass is 305 g/mol. The van der Waals surface area contributed by atoms with E-state index in [9.17, 15) is 9.59 Å². The summed E-state index contributed by atoms with van der Waals surface area (Å²) >= 11 is 0. The van der Waals surface area contributed by atoms with Gasteiger partial charge in [-0.25, -0.2) is 0 Å². The van der Waals surface area contributed by atoms with E-state index in [1.807, 2.05) is 18.2 Å². The van der Waals surface area contributed by atoms with Crippen LogP contribution in [0.5, 0.6) is 0 Å². The number of unbranched alkanes of at least 4 members (excludes halogenated alkanes) is 1. The van der Waals surface area contributed by atoms with Crippen molar-refractivity contribution in [3.8, 4) is 6.07 Å². The maximum absolute atomic E-state index is 12.6. The first-order chi connectivity index (χ1) is 11.2. The first-order valence-electron chi connectivity index (χ1n) is 7.35. The lowest BCUT2D eigenvalue weighted by Gasteiger charge is -2.17. The van der Waals surface area contributed by atoms with Crippen LogP contribution < -0.4 is 10.2 Å². The molecule has 0 bridgehead atoms. The molecule has 0 fully saturated rings. The third kappa shape index (κ3) is 2.44. The summed E-state index contributed by atoms with van der Waals surface area (Å²) in [6.07, 6.45) is 2.26. The number of nitriles is 1. The molecule has 0 unspecified atom stereocenters. The van der Waals surface area contributed by atoms with E-state index in [1.54, 1.807) is 17.0 Å². The Hall–Kier alpha value is -3.13. The average molecular weight is 305 g/mol. The molecule has 1 N–H and O–H groups in total. The molecule has 114 valence electrons. The summed E-state index contributed by atoms with van der Waals surface area (Å²) in [4.78, 5) is 25.9. The minimum Gasteiger partial charge on any atom is -0.322 e. The van der Waals surface area contributed by atoms with E-state index in [2.05, 4.69) is 18.0 Å². The fraction of sp³-hybridized carbons (Fsp3) is 0.167. The number of benzene rings is 2. The molecule has 0 atom stereocenters. The minimum absolute atomic E-state index is 0.0595. The highest BCUT2D eigenvalue weighted by molar-refractivity contribution is 6.27. The zero-order valence-electron chi connectivity index (χ0n) is 12.5. The fourth-order valence-electron chi connectivity index (χ4n) is 2.88. The van der Waals surface area contributed by atoms with Gasteiger partial charge in [0.1, 0.15) is 0 Å². The smallest absolute Gasteiger partial charge is 0.258 e. The van der Waals surface area contributed by atoms with Gasteiger partial charge in [0.15, 0.2) is 0 Å². The molecule has 3 rings (SSSR count). The zero-order chi connectivity index (χ0) is 16.4. The van der Waals surface area contributed by atoms with Gasteiger partial charge >= 0.3 is 0 Å². The topological polar surface area (TPSA) is 73.2 Å². The molecule has 0 spiro atoms. The lowest BCUT2D eigenvalue weighted by atomic mass is 10.0. The molecule has 2 aromatic carbocycles. The maximum Gasteiger partial charge on any atom is 0.258 e. The second-order valence-corrected chi connectivity index (χ2v) is 5.27. The molecule has 1 aliphatic heterocycles. The van der Waals surface area contributed by atoms with Crippen molar-refractivity contribution >= 4 is 34.0 Å². The highest BCUT2D eigenvalue weighted by Crippen LogP contribution is 2.40. The van der Waals surface area contributed by atoms with E-state index in [0.29, 0.717) is 30.6 Å². The summed E-state index contributed by atoms with van der Waals surface area (Å²) in [5.74, 6) is -0.350. The molecule has 5 nitrogen and oxygen atoms in total. The van der Waals surface area contributed by atoms with Crippen LogP contribution in [-0.4, -0.2) is 18.4 Å². The largest absolute Gasteiger partial charge is 0.322 e. The number of carbonyl (C=O) groups excluding carboxylic acids is 2. The molecule has 0 saturated carbocycles. The van der Waals surface area contributed by atoms with E-state index in [-0.39, 0.29) is 11.8 Å². The van der Waals surface area contributed by atoms with Crippen molar-refractivity contribution in [1.82, 2.24) is 0 Å². The maximum atomic E-state index is 12.6. The van der Waals surface area contributed by atoms with Crippen molar-refractivity contribution in [3.05, 3.63) is 48.6 Å². The van der Waals surface area contributed by atoms with Crippen molar-refractivity contribution in [3.63, 3.8) is 0 Å². The molecule has 2 aromatic rings. The number of amides is 2. The molecule has 1 heterocycles. The number of hydrogen-bond acceptors (Lipinski definition) is 3. The summed E-state index contributed by atoms with van der Waals surface area (Å²) in [7, 11) is 0. The highest BCUT2D eigenvalue weighted by atomic mass is 16.2. The van der Waals surface area contributed by atoms with E-state index >= 15 is 0 Å². The Morgan fingerprint density at radius 1 is 1.35 bits per heavy atom. The van der Waals surface area contributed by atoms with E-state index in [4.69, 9.17) is 5.26 Å². The molecular weight excluding hydrogens is 290 g/mol. The van der Waals surface area contributed by atoms with Gasteiger partial charge in [-0.1, -0.05) is 18.7 Å². The Bertz CT molecular complexity index is 864. The Morgan fingerprint density at radius 2 is 2.17 bits per heavy atom. The van der Waals surface area contributed by atoms with Crippen LogP contribution in [0.4, 0.5) is 11.4 Å². The fourth-order valence-corrected chi connectivity index (χ4v) is 2.88. The molecular formula is C18H15N3O2. The quantitative estimate of drug-likeness (QED) is 0.681. The van der Waals surface area contributed by atoms with Gasteiger partial charge in [-0.3, -0.25) is 9.59 Å². The number of anilines is 2. The van der Waals surface area contributed by atoms with E-state index < -0.39 is 0 Å². The third-order valence-corrected chi connectivity index (χ3v) is 3.90. The second kappa shape index (κ2) is 5.93. The normalized spacial score (nSPS) is 12.3. The Labute approximate surface area is 133 Å². The van der Waals surface area contributed by atoms with Gasteiger partial charge in [0, 0.05) is 35.0 Å². The molecule has 0 saturated heterocycles. The van der Waals surface area contributed by atoms with Gasteiger partial charge in [0.2, 0.25) is 5.91 Å². The molecule has 0 radical (unpaired) electrons. The molecule has 0 aromatic heterocycles. The second-order valence-electron chi connectivity index (χ2n) is 5.27. The van der Waals surface area contributed by atoms with Crippen molar-refractivity contribution in [2.45, 2.75) is 12.8 Å². The standard InChI is InChI=1S/C18H15N3O2/c1-2-16(22)20-14-8-9-15-17-12(14)6-5-7-13(17)18(23)21(15)11-4-3-10-19/h2,5-9H,1,3-4,11H2,(H,20,22). The number of nitrogens with zero attached hydrogens (tertiary/aromatic N) is 2. The molecule has 23 heavy (non-hydrogen) atoms. The van der Waals surface area contributed by atoms with Crippen LogP contribution in [0.3, 0.4) is 0 Å². The van der Waals surface area contributed by atoms with Gasteiger partial charge < -0.3 is 10.2 Å². The number of rotatable bonds is 5. The Balaban J connectivity index is 2.07. The van der Waals surface area contributed by atoms with Crippen molar-refractivity contribution in [2.75, 3.05) is 16.8 Å². The van der Waals surface area contributed by atoms with Crippen LogP contribution in [0.15, 0.2) is 43.0 Å². The van der Waals surface area contributed by atoms with E-state index in [1.165, 1.54) is 6.08 Å². The number of nitrogens with one attached hydrogen (secondary N) is 1. The van der Waals surface area contributed by atoms with Crippen molar-refractivity contribution in [2.24, 2.45) is 0 Å². The first-order valence-corrected chi connectivity index (χ1v) is 7.35. The summed E-state index contributed by atoms with van der Waals surface area (Å²) in [6.45, 7) is 3.96.